The van der Waals surface area contributed by atoms with Crippen LogP contribution in [0.5, 0.6) is 0 Å². The van der Waals surface area contributed by atoms with E-state index in [0.29, 0.717) is 0 Å². The maximum absolute atomic E-state index is 9.93. The molecule has 0 aliphatic carbocycles. The zero-order chi connectivity index (χ0) is 14.3. The van der Waals surface area contributed by atoms with Gasteiger partial charge in [-0.25, -0.2) is 0 Å². The van der Waals surface area contributed by atoms with Crippen LogP contribution in [0.4, 0.5) is 0 Å². The number of aliphatic hydroxyl groups excluding tert-OH is 1. The third-order valence-corrected chi connectivity index (χ3v) is 3.66. The second kappa shape index (κ2) is 14.3. The zero-order valence-electron chi connectivity index (χ0n) is 13.5. The van der Waals surface area contributed by atoms with Crippen LogP contribution >= 0.6 is 0 Å². The predicted molar refractivity (Wildman–Crippen MR) is 84.7 cm³/mol. The Morgan fingerprint density at radius 1 is 1.00 bits per heavy atom. The number of hydrogen-bond donors (Lipinski definition) is 2. The van der Waals surface area contributed by atoms with Crippen molar-refractivity contribution in [2.24, 2.45) is 0 Å². The first-order valence-electron chi connectivity index (χ1n) is 8.22. The summed E-state index contributed by atoms with van der Waals surface area (Å²) in [5.41, 5.74) is 0. The molecule has 0 heterocycles. The lowest BCUT2D eigenvalue weighted by molar-refractivity contribution is 0.115. The van der Waals surface area contributed by atoms with Crippen LogP contribution in [-0.4, -0.2) is 49.8 Å². The minimum absolute atomic E-state index is 0.151. The molecule has 0 aliphatic heterocycles. The summed E-state index contributed by atoms with van der Waals surface area (Å²) in [6.45, 7) is 5.05. The molecule has 0 fully saturated rings. The Morgan fingerprint density at radius 2 is 1.58 bits per heavy atom. The number of unbranched alkanes of at least 4 members (excludes halogenated alkanes) is 7. The van der Waals surface area contributed by atoms with E-state index in [4.69, 9.17) is 0 Å². The largest absolute Gasteiger partial charge is 0.392 e. The number of likely N-dealkylation sites (N-methyl/N-ethyl adjacent to an activating group) is 2. The van der Waals surface area contributed by atoms with E-state index in [9.17, 15) is 5.11 Å². The van der Waals surface area contributed by atoms with E-state index in [0.717, 1.165) is 26.1 Å². The summed E-state index contributed by atoms with van der Waals surface area (Å²) in [7, 11) is 4.04. The van der Waals surface area contributed by atoms with Gasteiger partial charge in [0.15, 0.2) is 0 Å². The molecule has 1 atom stereocenters. The van der Waals surface area contributed by atoms with E-state index in [1.165, 1.54) is 51.4 Å². The van der Waals surface area contributed by atoms with Crippen LogP contribution in [-0.2, 0) is 0 Å². The molecule has 0 saturated heterocycles. The van der Waals surface area contributed by atoms with Crippen LogP contribution in [0.15, 0.2) is 0 Å². The van der Waals surface area contributed by atoms with Gasteiger partial charge in [0.1, 0.15) is 0 Å². The average molecular weight is 272 g/mol. The molecule has 0 amide bonds. The summed E-state index contributed by atoms with van der Waals surface area (Å²) in [6.07, 6.45) is 11.5. The molecule has 0 aromatic heterocycles. The van der Waals surface area contributed by atoms with Gasteiger partial charge in [-0.2, -0.15) is 0 Å². The van der Waals surface area contributed by atoms with Gasteiger partial charge in [-0.05, 0) is 20.5 Å². The van der Waals surface area contributed by atoms with Crippen molar-refractivity contribution in [1.29, 1.82) is 0 Å². The monoisotopic (exact) mass is 272 g/mol. The van der Waals surface area contributed by atoms with E-state index >= 15 is 0 Å². The highest BCUT2D eigenvalue weighted by Crippen LogP contribution is 2.10. The molecule has 0 rings (SSSR count). The molecule has 0 unspecified atom stereocenters. The van der Waals surface area contributed by atoms with E-state index in [1.54, 1.807) is 0 Å². The molecule has 0 spiro atoms. The summed E-state index contributed by atoms with van der Waals surface area (Å²) >= 11 is 0. The van der Waals surface area contributed by atoms with Gasteiger partial charge in [-0.1, -0.05) is 58.3 Å². The zero-order valence-corrected chi connectivity index (χ0v) is 13.5. The second-order valence-electron chi connectivity index (χ2n) is 5.78. The molecule has 3 heteroatoms. The van der Waals surface area contributed by atoms with Gasteiger partial charge < -0.3 is 15.3 Å². The lowest BCUT2D eigenvalue weighted by Crippen LogP contribution is -2.33. The Bertz CT molecular complexity index is 176. The highest BCUT2D eigenvalue weighted by Gasteiger charge is 2.07. The fourth-order valence-electron chi connectivity index (χ4n) is 2.36. The van der Waals surface area contributed by atoms with Gasteiger partial charge in [0.05, 0.1) is 6.10 Å². The Kier molecular flexibility index (Phi) is 14.2. The summed E-state index contributed by atoms with van der Waals surface area (Å²) in [5, 5.41) is 13.1. The minimum atomic E-state index is -0.151. The molecule has 2 N–H and O–H groups in total. The number of rotatable bonds is 14. The molecule has 3 nitrogen and oxygen atoms in total. The standard InChI is InChI=1S/C16H36N2O/c1-4-5-6-7-8-9-10-11-12-16(19)15-18(3)14-13-17-2/h16-17,19H,4-15H2,1-3H3/t16-/m1/s1. The van der Waals surface area contributed by atoms with Crippen LogP contribution in [0.25, 0.3) is 0 Å². The van der Waals surface area contributed by atoms with E-state index in [1.807, 2.05) is 7.05 Å². The van der Waals surface area contributed by atoms with Crippen LogP contribution in [0.3, 0.4) is 0 Å². The van der Waals surface area contributed by atoms with E-state index in [2.05, 4.69) is 24.2 Å². The van der Waals surface area contributed by atoms with Gasteiger partial charge in [-0.3, -0.25) is 0 Å². The number of aliphatic hydroxyl groups is 1. The molecule has 19 heavy (non-hydrogen) atoms. The van der Waals surface area contributed by atoms with Crippen molar-refractivity contribution in [3.05, 3.63) is 0 Å². The van der Waals surface area contributed by atoms with Crippen LogP contribution in [0.1, 0.15) is 64.7 Å². The first kappa shape index (κ1) is 18.9. The van der Waals surface area contributed by atoms with Crippen LogP contribution in [0.2, 0.25) is 0 Å². The molecule has 0 bridgehead atoms. The van der Waals surface area contributed by atoms with Gasteiger partial charge in [-0.15, -0.1) is 0 Å². The molecule has 0 radical (unpaired) electrons. The first-order valence-corrected chi connectivity index (χ1v) is 8.22. The number of nitrogens with zero attached hydrogens (tertiary/aromatic N) is 1. The summed E-state index contributed by atoms with van der Waals surface area (Å²) < 4.78 is 0. The highest BCUT2D eigenvalue weighted by molar-refractivity contribution is 4.62. The van der Waals surface area contributed by atoms with Gasteiger partial charge in [0, 0.05) is 19.6 Å². The normalized spacial score (nSPS) is 13.1. The maximum Gasteiger partial charge on any atom is 0.0667 e. The molecular formula is C16H36N2O. The molecule has 116 valence electrons. The molecule has 0 saturated carbocycles. The fraction of sp³-hybridized carbons (Fsp3) is 1.00. The van der Waals surface area contributed by atoms with E-state index < -0.39 is 0 Å². The van der Waals surface area contributed by atoms with Crippen molar-refractivity contribution in [3.63, 3.8) is 0 Å². The third-order valence-electron chi connectivity index (χ3n) is 3.66. The molecule has 0 aromatic rings. The highest BCUT2D eigenvalue weighted by atomic mass is 16.3. The lowest BCUT2D eigenvalue weighted by atomic mass is 10.1. The summed E-state index contributed by atoms with van der Waals surface area (Å²) in [4.78, 5) is 2.20. The first-order chi connectivity index (χ1) is 9.20. The van der Waals surface area contributed by atoms with Crippen molar-refractivity contribution in [1.82, 2.24) is 10.2 Å². The van der Waals surface area contributed by atoms with Gasteiger partial charge >= 0.3 is 0 Å². The van der Waals surface area contributed by atoms with Crippen molar-refractivity contribution in [3.8, 4) is 0 Å². The molecular weight excluding hydrogens is 236 g/mol. The Balaban J connectivity index is 3.26. The summed E-state index contributed by atoms with van der Waals surface area (Å²) in [5.74, 6) is 0. The number of hydrogen-bond acceptors (Lipinski definition) is 3. The SMILES string of the molecule is CCCCCCCCCC[C@@H](O)CN(C)CCNC. The molecule has 0 aromatic carbocycles. The van der Waals surface area contributed by atoms with Crippen LogP contribution < -0.4 is 5.32 Å². The average Bonchev–Trinajstić information content (AvgIpc) is 2.39. The van der Waals surface area contributed by atoms with Crippen molar-refractivity contribution in [2.45, 2.75) is 70.8 Å². The third kappa shape index (κ3) is 14.1. The Labute approximate surface area is 120 Å². The minimum Gasteiger partial charge on any atom is -0.392 e. The van der Waals surface area contributed by atoms with Crippen molar-refractivity contribution in [2.75, 3.05) is 33.7 Å². The lowest BCUT2D eigenvalue weighted by Gasteiger charge is -2.20. The van der Waals surface area contributed by atoms with Gasteiger partial charge in [0.25, 0.3) is 0 Å². The quantitative estimate of drug-likeness (QED) is 0.477. The smallest absolute Gasteiger partial charge is 0.0667 e. The van der Waals surface area contributed by atoms with Crippen LogP contribution in [0, 0.1) is 0 Å². The second-order valence-corrected chi connectivity index (χ2v) is 5.78. The predicted octanol–water partition coefficient (Wildman–Crippen LogP) is 3.03. The van der Waals surface area contributed by atoms with Gasteiger partial charge in [0.2, 0.25) is 0 Å². The Hall–Kier alpha value is -0.120. The van der Waals surface area contributed by atoms with E-state index in [-0.39, 0.29) is 6.10 Å². The van der Waals surface area contributed by atoms with Crippen molar-refractivity contribution >= 4 is 0 Å². The topological polar surface area (TPSA) is 35.5 Å². The van der Waals surface area contributed by atoms with Crippen molar-refractivity contribution < 1.29 is 5.11 Å². The fourth-order valence-corrected chi connectivity index (χ4v) is 2.36. The summed E-state index contributed by atoms with van der Waals surface area (Å²) in [6, 6.07) is 0. The number of nitrogens with one attached hydrogen (secondary N) is 1. The Morgan fingerprint density at radius 3 is 2.16 bits per heavy atom. The molecule has 0 aliphatic rings. The maximum atomic E-state index is 9.93.